The maximum absolute atomic E-state index is 10.7. The van der Waals surface area contributed by atoms with Crippen LogP contribution in [0.25, 0.3) is 0 Å². The lowest BCUT2D eigenvalue weighted by Gasteiger charge is -1.92. The van der Waals surface area contributed by atoms with Crippen molar-refractivity contribution in [2.45, 2.75) is 6.85 Å². The van der Waals surface area contributed by atoms with E-state index in [-0.39, 0.29) is 4.43 Å². The van der Waals surface area contributed by atoms with Crippen molar-refractivity contribution in [2.24, 2.45) is 0 Å². The molecule has 0 rings (SSSR count). The molecule has 0 fully saturated rings. The Morgan fingerprint density at radius 2 is 3.00 bits per heavy atom. The lowest BCUT2D eigenvalue weighted by molar-refractivity contribution is -0.118. The molecule has 0 aromatic rings. The van der Waals surface area contributed by atoms with Crippen molar-refractivity contribution in [1.82, 2.24) is 5.32 Å². The molecule has 1 N–H and O–H groups in total. The third-order valence-corrected chi connectivity index (χ3v) is 1.02. The van der Waals surface area contributed by atoms with Crippen molar-refractivity contribution in [1.29, 1.82) is 0 Å². The second-order valence-electron chi connectivity index (χ2n) is 0.807. The van der Waals surface area contributed by atoms with Crippen LogP contribution in [0.2, 0.25) is 0 Å². The summed E-state index contributed by atoms with van der Waals surface area (Å²) in [6.07, 6.45) is 0. The summed E-state index contributed by atoms with van der Waals surface area (Å²) < 4.78 is 34.2. The first-order valence-corrected chi connectivity index (χ1v) is 3.10. The Morgan fingerprint density at radius 3 is 3.43 bits per heavy atom. The molecule has 0 spiro atoms. The number of hydrogen-bond acceptors (Lipinski definition) is 1. The van der Waals surface area contributed by atoms with E-state index in [4.69, 9.17) is 6.85 Å². The second-order valence-corrected chi connectivity index (χ2v) is 1.57. The summed E-state index contributed by atoms with van der Waals surface area (Å²) in [5.74, 6) is -0.628. The van der Waals surface area contributed by atoms with Crippen molar-refractivity contribution < 1.29 is 11.6 Å². The molecule has 1 amide bonds. The quantitative estimate of drug-likeness (QED) is 0.532. The van der Waals surface area contributed by atoms with E-state index in [1.54, 1.807) is 27.9 Å². The molecule has 7 heavy (non-hydrogen) atoms. The monoisotopic (exact) mass is 218 g/mol. The molecule has 3 heteroatoms. The zero-order valence-corrected chi connectivity index (χ0v) is 5.65. The number of nitrogens with one attached hydrogen (secondary N) is 1. The van der Waals surface area contributed by atoms with Crippen molar-refractivity contribution >= 4 is 28.5 Å². The Bertz CT molecular complexity index is 179. The molecule has 42 valence electrons. The zero-order valence-electron chi connectivity index (χ0n) is 8.49. The highest BCUT2D eigenvalue weighted by molar-refractivity contribution is 14.1. The lowest BCUT2D eigenvalue weighted by atomic mass is 10.6. The Hall–Kier alpha value is 0.200. The van der Waals surface area contributed by atoms with Crippen LogP contribution >= 0.6 is 22.6 Å². The van der Waals surface area contributed by atoms with Gasteiger partial charge in [-0.05, 0) is 6.85 Å². The van der Waals surface area contributed by atoms with Gasteiger partial charge in [0.25, 0.3) is 0 Å². The Balaban J connectivity index is 4.33. The van der Waals surface area contributed by atoms with E-state index in [2.05, 4.69) is 0 Å². The Morgan fingerprint density at radius 1 is 2.29 bits per heavy atom. The summed E-state index contributed by atoms with van der Waals surface area (Å²) >= 11 is 1.72. The van der Waals surface area contributed by atoms with Crippen LogP contribution in [0.1, 0.15) is 13.7 Å². The van der Waals surface area contributed by atoms with Gasteiger partial charge >= 0.3 is 0 Å². The SMILES string of the molecule is [2H]C([2H])([2H])C([2H])([2H])NC(=O)CI. The van der Waals surface area contributed by atoms with Crippen LogP contribution in [-0.2, 0) is 4.79 Å². The first kappa shape index (κ1) is 2.21. The molecule has 0 saturated carbocycles. The predicted octanol–water partition coefficient (Wildman–Crippen LogP) is 0.558. The second kappa shape index (κ2) is 4.36. The van der Waals surface area contributed by atoms with Gasteiger partial charge in [-0.15, -0.1) is 0 Å². The molecule has 0 unspecified atom stereocenters. The van der Waals surface area contributed by atoms with Crippen LogP contribution in [0.3, 0.4) is 0 Å². The van der Waals surface area contributed by atoms with Gasteiger partial charge in [0.15, 0.2) is 0 Å². The first-order chi connectivity index (χ1) is 5.20. The van der Waals surface area contributed by atoms with Crippen LogP contribution < -0.4 is 5.32 Å². The van der Waals surface area contributed by atoms with Gasteiger partial charge in [-0.1, -0.05) is 22.6 Å². The highest BCUT2D eigenvalue weighted by atomic mass is 127. The number of hydrogen-bond donors (Lipinski definition) is 1. The molecule has 0 aliphatic rings. The van der Waals surface area contributed by atoms with E-state index in [9.17, 15) is 4.79 Å². The average Bonchev–Trinajstić information content (AvgIpc) is 1.84. The summed E-state index contributed by atoms with van der Waals surface area (Å²) in [7, 11) is 0. The number of amides is 1. The molecule has 0 atom stereocenters. The average molecular weight is 218 g/mol. The highest BCUT2D eigenvalue weighted by Crippen LogP contribution is 1.77. The molecule has 0 saturated heterocycles. The van der Waals surface area contributed by atoms with Gasteiger partial charge in [0.2, 0.25) is 5.91 Å². The van der Waals surface area contributed by atoms with Crippen LogP contribution in [0.5, 0.6) is 0 Å². The molecule has 0 aliphatic heterocycles. The summed E-state index contributed by atoms with van der Waals surface area (Å²) in [6.45, 7) is -5.47. The number of alkyl halides is 1. The third-order valence-electron chi connectivity index (χ3n) is 0.323. The smallest absolute Gasteiger partial charge is 0.229 e. The lowest BCUT2D eigenvalue weighted by Crippen LogP contribution is -2.23. The van der Waals surface area contributed by atoms with Crippen LogP contribution in [0.4, 0.5) is 0 Å². The highest BCUT2D eigenvalue weighted by Gasteiger charge is 1.89. The molecule has 0 aromatic carbocycles. The van der Waals surface area contributed by atoms with Crippen molar-refractivity contribution in [3.8, 4) is 0 Å². The van der Waals surface area contributed by atoms with Crippen LogP contribution in [0, 0.1) is 0 Å². The molecule has 0 aromatic heterocycles. The fourth-order valence-electron chi connectivity index (χ4n) is 0.103. The fraction of sp³-hybridized carbons (Fsp3) is 0.750. The van der Waals surface area contributed by atoms with E-state index >= 15 is 0 Å². The minimum atomic E-state index is -2.82. The van der Waals surface area contributed by atoms with Crippen molar-refractivity contribution in [2.75, 3.05) is 10.9 Å². The maximum Gasteiger partial charge on any atom is 0.229 e. The minimum Gasteiger partial charge on any atom is -0.356 e. The number of carbonyl (C=O) groups excluding carboxylic acids is 1. The normalized spacial score (nSPS) is 22.7. The predicted molar refractivity (Wildman–Crippen MR) is 37.6 cm³/mol. The van der Waals surface area contributed by atoms with Gasteiger partial charge in [0, 0.05) is 13.4 Å². The van der Waals surface area contributed by atoms with E-state index in [0.29, 0.717) is 0 Å². The largest absolute Gasteiger partial charge is 0.356 e. The summed E-state index contributed by atoms with van der Waals surface area (Å²) in [4.78, 5) is 10.7. The van der Waals surface area contributed by atoms with Gasteiger partial charge in [0.1, 0.15) is 0 Å². The Labute approximate surface area is 63.8 Å². The molecule has 0 bridgehead atoms. The maximum atomic E-state index is 10.7. The van der Waals surface area contributed by atoms with E-state index in [0.717, 1.165) is 0 Å². The number of rotatable bonds is 2. The summed E-state index contributed by atoms with van der Waals surface area (Å²) in [5, 5.41) is 1.77. The van der Waals surface area contributed by atoms with Gasteiger partial charge < -0.3 is 5.32 Å². The first-order valence-electron chi connectivity index (χ1n) is 4.07. The molecular formula is C4H8INO. The van der Waals surface area contributed by atoms with Gasteiger partial charge in [-0.25, -0.2) is 0 Å². The van der Waals surface area contributed by atoms with Gasteiger partial charge in [0.05, 0.1) is 4.43 Å². The molecule has 0 heterocycles. The molecule has 2 nitrogen and oxygen atoms in total. The topological polar surface area (TPSA) is 29.1 Å². The molecule has 0 radical (unpaired) electrons. The van der Waals surface area contributed by atoms with E-state index in [1.807, 2.05) is 0 Å². The zero-order chi connectivity index (χ0) is 9.99. The van der Waals surface area contributed by atoms with Gasteiger partial charge in [-0.2, -0.15) is 0 Å². The molecule has 0 aliphatic carbocycles. The number of halogens is 1. The third kappa shape index (κ3) is 4.04. The van der Waals surface area contributed by atoms with Gasteiger partial charge in [-0.3, -0.25) is 4.79 Å². The van der Waals surface area contributed by atoms with Crippen molar-refractivity contribution in [3.05, 3.63) is 0 Å². The van der Waals surface area contributed by atoms with Crippen molar-refractivity contribution in [3.63, 3.8) is 0 Å². The number of carbonyl (C=O) groups is 1. The molecular weight excluding hydrogens is 205 g/mol. The fourth-order valence-corrected chi connectivity index (χ4v) is 0.294. The van der Waals surface area contributed by atoms with Crippen LogP contribution in [0.15, 0.2) is 0 Å². The Kier molecular flexibility index (Phi) is 1.37. The van der Waals surface area contributed by atoms with E-state index in [1.165, 1.54) is 0 Å². The standard InChI is InChI=1S/C4H8INO/c1-2-6-4(7)3-5/h2-3H2,1H3,(H,6,7)/i1D3,2D2. The summed E-state index contributed by atoms with van der Waals surface area (Å²) in [5.41, 5.74) is 0. The van der Waals surface area contributed by atoms with E-state index < -0.39 is 19.3 Å². The van der Waals surface area contributed by atoms with Crippen LogP contribution in [-0.4, -0.2) is 16.8 Å². The summed E-state index contributed by atoms with van der Waals surface area (Å²) in [6, 6.07) is 0. The minimum absolute atomic E-state index is 0.0351.